The molecule has 8 heteroatoms. The molecule has 0 aliphatic heterocycles. The van der Waals surface area contributed by atoms with Crippen molar-refractivity contribution in [3.05, 3.63) is 70.0 Å². The van der Waals surface area contributed by atoms with Gasteiger partial charge in [-0.05, 0) is 62.2 Å². The van der Waals surface area contributed by atoms with Crippen LogP contribution in [0.2, 0.25) is 0 Å². The van der Waals surface area contributed by atoms with Crippen molar-refractivity contribution >= 4 is 23.4 Å². The highest BCUT2D eigenvalue weighted by Crippen LogP contribution is 2.30. The third-order valence-electron chi connectivity index (χ3n) is 4.84. The third kappa shape index (κ3) is 5.27. The molecule has 1 aromatic heterocycles. The van der Waals surface area contributed by atoms with Crippen LogP contribution in [0.25, 0.3) is 5.69 Å². The number of methoxy groups -OCH3 is 2. The van der Waals surface area contributed by atoms with E-state index < -0.39 is 5.25 Å². The number of nitrogens with one attached hydrogen (secondary N) is 1. The van der Waals surface area contributed by atoms with E-state index in [-0.39, 0.29) is 11.5 Å². The fraction of sp³-hybridized carbons (Fsp3) is 0.261. The van der Waals surface area contributed by atoms with Gasteiger partial charge in [0.2, 0.25) is 5.91 Å². The van der Waals surface area contributed by atoms with E-state index in [0.717, 1.165) is 11.1 Å². The molecule has 1 heterocycles. The van der Waals surface area contributed by atoms with Crippen molar-refractivity contribution in [3.63, 3.8) is 0 Å². The number of rotatable bonds is 7. The molecule has 0 fully saturated rings. The molecule has 3 rings (SSSR count). The summed E-state index contributed by atoms with van der Waals surface area (Å²) in [6.07, 6.45) is 0. The first-order chi connectivity index (χ1) is 14.8. The highest BCUT2D eigenvalue weighted by molar-refractivity contribution is 8.00. The van der Waals surface area contributed by atoms with Gasteiger partial charge < -0.3 is 14.8 Å². The number of aryl methyl sites for hydroxylation is 2. The summed E-state index contributed by atoms with van der Waals surface area (Å²) in [4.78, 5) is 25.1. The Kier molecular flexibility index (Phi) is 7.02. The number of benzene rings is 2. The first-order valence-corrected chi connectivity index (χ1v) is 10.6. The lowest BCUT2D eigenvalue weighted by molar-refractivity contribution is -0.115. The summed E-state index contributed by atoms with van der Waals surface area (Å²) in [5.41, 5.74) is 3.19. The molecular weight excluding hydrogens is 414 g/mol. The lowest BCUT2D eigenvalue weighted by Gasteiger charge is -2.15. The monoisotopic (exact) mass is 439 g/mol. The predicted molar refractivity (Wildman–Crippen MR) is 123 cm³/mol. The number of anilines is 1. The average molecular weight is 440 g/mol. The molecule has 0 aliphatic rings. The van der Waals surface area contributed by atoms with Gasteiger partial charge in [-0.15, -0.1) is 0 Å². The van der Waals surface area contributed by atoms with Crippen LogP contribution in [0.1, 0.15) is 18.1 Å². The van der Waals surface area contributed by atoms with Crippen LogP contribution in [0.5, 0.6) is 11.5 Å². The maximum Gasteiger partial charge on any atom is 0.271 e. The SMILES string of the molecule is COc1ccc(OC)c(NC(=O)C(C)Sc2ccc(=O)n(-c3ccc(C)c(C)c3)n2)c1. The number of amides is 1. The van der Waals surface area contributed by atoms with Crippen LogP contribution in [0.4, 0.5) is 5.69 Å². The molecule has 0 saturated carbocycles. The van der Waals surface area contributed by atoms with Crippen LogP contribution >= 0.6 is 11.8 Å². The van der Waals surface area contributed by atoms with E-state index in [0.29, 0.717) is 27.9 Å². The zero-order chi connectivity index (χ0) is 22.5. The van der Waals surface area contributed by atoms with Crippen LogP contribution in [0.3, 0.4) is 0 Å². The first-order valence-electron chi connectivity index (χ1n) is 9.70. The van der Waals surface area contributed by atoms with Crippen molar-refractivity contribution in [2.24, 2.45) is 0 Å². The third-order valence-corrected chi connectivity index (χ3v) is 5.87. The summed E-state index contributed by atoms with van der Waals surface area (Å²) in [5.74, 6) is 0.925. The van der Waals surface area contributed by atoms with E-state index >= 15 is 0 Å². The Morgan fingerprint density at radius 1 is 1.03 bits per heavy atom. The summed E-state index contributed by atoms with van der Waals surface area (Å²) in [6, 6.07) is 14.0. The van der Waals surface area contributed by atoms with Crippen LogP contribution in [-0.4, -0.2) is 35.2 Å². The maximum atomic E-state index is 12.8. The molecule has 7 nitrogen and oxygen atoms in total. The largest absolute Gasteiger partial charge is 0.497 e. The number of carbonyl (C=O) groups is 1. The Hall–Kier alpha value is -3.26. The van der Waals surface area contributed by atoms with Crippen molar-refractivity contribution in [2.75, 3.05) is 19.5 Å². The normalized spacial score (nSPS) is 11.6. The molecular formula is C23H25N3O4S. The van der Waals surface area contributed by atoms with Gasteiger partial charge in [0.05, 0.1) is 30.8 Å². The number of aromatic nitrogens is 2. The smallest absolute Gasteiger partial charge is 0.271 e. The molecule has 2 aromatic carbocycles. The molecule has 1 N–H and O–H groups in total. The lowest BCUT2D eigenvalue weighted by Crippen LogP contribution is -2.24. The van der Waals surface area contributed by atoms with Crippen molar-refractivity contribution < 1.29 is 14.3 Å². The van der Waals surface area contributed by atoms with E-state index in [2.05, 4.69) is 10.4 Å². The molecule has 0 bridgehead atoms. The second kappa shape index (κ2) is 9.70. The highest BCUT2D eigenvalue weighted by atomic mass is 32.2. The predicted octanol–water partition coefficient (Wildman–Crippen LogP) is 3.99. The van der Waals surface area contributed by atoms with E-state index in [1.807, 2.05) is 32.0 Å². The lowest BCUT2D eigenvalue weighted by atomic mass is 10.1. The van der Waals surface area contributed by atoms with E-state index in [9.17, 15) is 9.59 Å². The van der Waals surface area contributed by atoms with Crippen LogP contribution < -0.4 is 20.3 Å². The number of nitrogens with zero attached hydrogens (tertiary/aromatic N) is 2. The Labute approximate surface area is 185 Å². The minimum absolute atomic E-state index is 0.220. The second-order valence-corrected chi connectivity index (χ2v) is 8.37. The van der Waals surface area contributed by atoms with Gasteiger partial charge >= 0.3 is 0 Å². The molecule has 0 saturated heterocycles. The van der Waals surface area contributed by atoms with Crippen molar-refractivity contribution in [2.45, 2.75) is 31.0 Å². The number of carbonyl (C=O) groups excluding carboxylic acids is 1. The molecule has 162 valence electrons. The number of hydrogen-bond donors (Lipinski definition) is 1. The van der Waals surface area contributed by atoms with E-state index in [1.165, 1.54) is 29.6 Å². The quantitative estimate of drug-likeness (QED) is 0.561. The van der Waals surface area contributed by atoms with Crippen molar-refractivity contribution in [1.29, 1.82) is 0 Å². The van der Waals surface area contributed by atoms with Crippen LogP contribution in [0.15, 0.2) is 58.4 Å². The van der Waals surface area contributed by atoms with Gasteiger partial charge in [0.15, 0.2) is 0 Å². The summed E-state index contributed by atoms with van der Waals surface area (Å²) in [5, 5.41) is 7.42. The van der Waals surface area contributed by atoms with Gasteiger partial charge in [0.1, 0.15) is 16.5 Å². The van der Waals surface area contributed by atoms with Gasteiger partial charge in [0.25, 0.3) is 5.56 Å². The minimum atomic E-state index is -0.464. The van der Waals surface area contributed by atoms with Crippen LogP contribution in [-0.2, 0) is 4.79 Å². The standard InChI is InChI=1S/C23H25N3O4S/c1-14-6-7-17(12-15(14)2)26-22(27)11-10-21(25-26)31-16(3)23(28)24-19-13-18(29-4)8-9-20(19)30-5/h6-13,16H,1-5H3,(H,24,28). The number of thioether (sulfide) groups is 1. The molecule has 31 heavy (non-hydrogen) atoms. The van der Waals surface area contributed by atoms with E-state index in [1.54, 1.807) is 38.3 Å². The fourth-order valence-corrected chi connectivity index (χ4v) is 3.68. The highest BCUT2D eigenvalue weighted by Gasteiger charge is 2.18. The summed E-state index contributed by atoms with van der Waals surface area (Å²) in [6.45, 7) is 5.78. The van der Waals surface area contributed by atoms with Gasteiger partial charge in [-0.3, -0.25) is 9.59 Å². The molecule has 0 radical (unpaired) electrons. The summed E-state index contributed by atoms with van der Waals surface area (Å²) >= 11 is 1.26. The Morgan fingerprint density at radius 3 is 2.48 bits per heavy atom. The van der Waals surface area contributed by atoms with Crippen LogP contribution in [0, 0.1) is 13.8 Å². The molecule has 0 spiro atoms. The maximum absolute atomic E-state index is 12.8. The molecule has 1 unspecified atom stereocenters. The summed E-state index contributed by atoms with van der Waals surface area (Å²) in [7, 11) is 3.09. The molecule has 1 amide bonds. The van der Waals surface area contributed by atoms with E-state index in [4.69, 9.17) is 9.47 Å². The Bertz CT molecular complexity index is 1160. The zero-order valence-corrected chi connectivity index (χ0v) is 18.9. The first kappa shape index (κ1) is 22.4. The van der Waals surface area contributed by atoms with Crippen molar-refractivity contribution in [1.82, 2.24) is 9.78 Å². The molecule has 1 atom stereocenters. The molecule has 3 aromatic rings. The number of ether oxygens (including phenoxy) is 2. The zero-order valence-electron chi connectivity index (χ0n) is 18.1. The minimum Gasteiger partial charge on any atom is -0.497 e. The second-order valence-electron chi connectivity index (χ2n) is 7.01. The Morgan fingerprint density at radius 2 is 1.81 bits per heavy atom. The average Bonchev–Trinajstić information content (AvgIpc) is 2.76. The fourth-order valence-electron chi connectivity index (χ4n) is 2.88. The molecule has 0 aliphatic carbocycles. The number of hydrogen-bond acceptors (Lipinski definition) is 6. The van der Waals surface area contributed by atoms with Gasteiger partial charge in [0, 0.05) is 12.1 Å². The van der Waals surface area contributed by atoms with Crippen molar-refractivity contribution in [3.8, 4) is 17.2 Å². The van der Waals surface area contributed by atoms with Gasteiger partial charge in [-0.2, -0.15) is 9.78 Å². The Balaban J connectivity index is 1.79. The van der Waals surface area contributed by atoms with Gasteiger partial charge in [-0.25, -0.2) is 0 Å². The topological polar surface area (TPSA) is 82.5 Å². The van der Waals surface area contributed by atoms with Gasteiger partial charge in [-0.1, -0.05) is 17.8 Å². The summed E-state index contributed by atoms with van der Waals surface area (Å²) < 4.78 is 11.9.